The Hall–Kier alpha value is -5.72. The number of nitrogens with zero attached hydrogens (tertiary/aromatic N) is 4. The van der Waals surface area contributed by atoms with Crippen LogP contribution in [-0.4, -0.2) is 44.7 Å². The van der Waals surface area contributed by atoms with E-state index >= 15 is 0 Å². The van der Waals surface area contributed by atoms with Gasteiger partial charge < -0.3 is 20.5 Å². The third-order valence-electron chi connectivity index (χ3n) is 8.84. The van der Waals surface area contributed by atoms with Gasteiger partial charge in [0.2, 0.25) is 0 Å². The number of benzene rings is 4. The van der Waals surface area contributed by atoms with Gasteiger partial charge in [0.1, 0.15) is 11.6 Å². The van der Waals surface area contributed by atoms with Crippen LogP contribution in [-0.2, 0) is 19.4 Å². The molecule has 0 fully saturated rings. The van der Waals surface area contributed by atoms with Crippen molar-refractivity contribution in [3.8, 4) is 11.4 Å². The lowest BCUT2D eigenvalue weighted by atomic mass is 9.94. The SMILES string of the molecule is Nc1cc2ccccc2n1-c1ccc(OCCCc2sc(N3CCc4cccc(C(=O)Nc5nc6ccccc6s5)c4C3)nc2C(=O)O)cc1. The molecule has 10 nitrogen and oxygen atoms in total. The molecule has 0 unspecified atom stereocenters. The minimum absolute atomic E-state index is 0.0681. The first kappa shape index (κ1) is 31.5. The van der Waals surface area contributed by atoms with E-state index in [2.05, 4.69) is 20.2 Å². The van der Waals surface area contributed by atoms with Crippen molar-refractivity contribution in [1.29, 1.82) is 0 Å². The number of aromatic nitrogens is 3. The predicted molar refractivity (Wildman–Crippen MR) is 199 cm³/mol. The molecule has 0 saturated carbocycles. The van der Waals surface area contributed by atoms with E-state index in [0.717, 1.165) is 43.7 Å². The van der Waals surface area contributed by atoms with Gasteiger partial charge in [0.05, 0.1) is 22.3 Å². The van der Waals surface area contributed by atoms with E-state index in [4.69, 9.17) is 10.5 Å². The van der Waals surface area contributed by atoms with Crippen molar-refractivity contribution in [2.75, 3.05) is 29.1 Å². The Morgan fingerprint density at radius 2 is 1.76 bits per heavy atom. The van der Waals surface area contributed by atoms with E-state index in [-0.39, 0.29) is 11.6 Å². The number of fused-ring (bicyclic) bond motifs is 3. The molecule has 3 aromatic heterocycles. The maximum absolute atomic E-state index is 13.5. The highest BCUT2D eigenvalue weighted by Gasteiger charge is 2.27. The monoisotopic (exact) mass is 700 g/mol. The zero-order valence-electron chi connectivity index (χ0n) is 26.8. The van der Waals surface area contributed by atoms with Crippen molar-refractivity contribution in [3.05, 3.63) is 124 Å². The summed E-state index contributed by atoms with van der Waals surface area (Å²) in [5.41, 5.74) is 11.8. The van der Waals surface area contributed by atoms with Gasteiger partial charge in [0.15, 0.2) is 16.0 Å². The molecule has 4 N–H and O–H groups in total. The van der Waals surface area contributed by atoms with E-state index in [1.54, 1.807) is 0 Å². The van der Waals surface area contributed by atoms with E-state index in [9.17, 15) is 14.7 Å². The Morgan fingerprint density at radius 1 is 0.940 bits per heavy atom. The first-order valence-electron chi connectivity index (χ1n) is 16.3. The maximum atomic E-state index is 13.5. The number of nitrogens with one attached hydrogen (secondary N) is 1. The number of nitrogen functional groups attached to an aromatic ring is 1. The molecule has 1 aliphatic heterocycles. The molecule has 8 rings (SSSR count). The lowest BCUT2D eigenvalue weighted by Crippen LogP contribution is -2.32. The molecule has 0 bridgehead atoms. The number of aromatic carboxylic acids is 1. The standard InChI is InChI=1S/C38H32N6O4S2/c39-33-21-24-7-1-3-11-30(24)44(33)25-14-16-26(17-15-25)48-20-6-13-32-34(36(46)47)41-38(50-32)43-19-18-23-8-5-9-27(28(23)22-43)35(45)42-37-40-29-10-2-4-12-31(29)49-37/h1-5,7-12,14-17,21H,6,13,18-20,22,39H2,(H,46,47)(H,40,42,45). The fourth-order valence-electron chi connectivity index (χ4n) is 6.44. The summed E-state index contributed by atoms with van der Waals surface area (Å²) in [4.78, 5) is 37.6. The number of anilines is 3. The van der Waals surface area contributed by atoms with Crippen LogP contribution in [0.1, 0.15) is 43.3 Å². The number of carbonyl (C=O) groups excluding carboxylic acids is 1. The van der Waals surface area contributed by atoms with Crippen molar-refractivity contribution < 1.29 is 19.4 Å². The van der Waals surface area contributed by atoms with E-state index in [1.165, 1.54) is 22.7 Å². The molecule has 1 aliphatic rings. The number of hydrogen-bond acceptors (Lipinski definition) is 9. The number of ether oxygens (including phenoxy) is 1. The maximum Gasteiger partial charge on any atom is 0.355 e. The van der Waals surface area contributed by atoms with Gasteiger partial charge >= 0.3 is 5.97 Å². The van der Waals surface area contributed by atoms with Gasteiger partial charge in [-0.3, -0.25) is 14.7 Å². The largest absolute Gasteiger partial charge is 0.494 e. The number of rotatable bonds is 10. The molecule has 250 valence electrons. The number of carboxylic acids is 1. The molecule has 7 aromatic rings. The van der Waals surface area contributed by atoms with Crippen molar-refractivity contribution in [3.63, 3.8) is 0 Å². The Labute approximate surface area is 295 Å². The van der Waals surface area contributed by atoms with Crippen LogP contribution < -0.4 is 20.7 Å². The van der Waals surface area contributed by atoms with Crippen LogP contribution >= 0.6 is 22.7 Å². The van der Waals surface area contributed by atoms with Crippen LogP contribution in [0, 0.1) is 0 Å². The Bertz CT molecular complexity index is 2350. The van der Waals surface area contributed by atoms with Gasteiger partial charge in [0.25, 0.3) is 5.91 Å². The lowest BCUT2D eigenvalue weighted by molar-refractivity contribution is 0.0690. The highest BCUT2D eigenvalue weighted by molar-refractivity contribution is 7.22. The highest BCUT2D eigenvalue weighted by Crippen LogP contribution is 2.34. The molecule has 0 radical (unpaired) electrons. The molecular formula is C38H32N6O4S2. The Balaban J connectivity index is 0.922. The molecule has 0 aliphatic carbocycles. The summed E-state index contributed by atoms with van der Waals surface area (Å²) in [6.07, 6.45) is 1.86. The number of nitrogens with two attached hydrogens (primary N) is 1. The summed E-state index contributed by atoms with van der Waals surface area (Å²) in [5, 5.41) is 15.2. The van der Waals surface area contributed by atoms with E-state index in [1.807, 2.05) is 102 Å². The highest BCUT2D eigenvalue weighted by atomic mass is 32.1. The molecule has 12 heteroatoms. The molecular weight excluding hydrogens is 669 g/mol. The summed E-state index contributed by atoms with van der Waals surface area (Å²) in [6.45, 7) is 1.55. The normalized spacial score (nSPS) is 12.7. The average molecular weight is 701 g/mol. The number of carboxylic acid groups (broad SMARTS) is 1. The van der Waals surface area contributed by atoms with Crippen molar-refractivity contribution in [2.45, 2.75) is 25.8 Å². The molecule has 0 spiro atoms. The third-order valence-corrected chi connectivity index (χ3v) is 11.0. The fraction of sp³-hybridized carbons (Fsp3) is 0.158. The zero-order valence-corrected chi connectivity index (χ0v) is 28.5. The number of para-hydroxylation sites is 2. The van der Waals surface area contributed by atoms with Gasteiger partial charge in [-0.25, -0.2) is 14.8 Å². The molecule has 4 aromatic carbocycles. The average Bonchev–Trinajstić information content (AvgIpc) is 3.84. The quantitative estimate of drug-likeness (QED) is 0.123. The van der Waals surface area contributed by atoms with Gasteiger partial charge in [-0.2, -0.15) is 0 Å². The first-order chi connectivity index (χ1) is 24.4. The first-order valence-corrected chi connectivity index (χ1v) is 17.9. The van der Waals surface area contributed by atoms with Gasteiger partial charge in [0, 0.05) is 34.6 Å². The van der Waals surface area contributed by atoms with Crippen LogP contribution in [0.3, 0.4) is 0 Å². The number of thiazole rings is 2. The van der Waals surface area contributed by atoms with Crippen LogP contribution in [0.2, 0.25) is 0 Å². The van der Waals surface area contributed by atoms with Gasteiger partial charge in [-0.15, -0.1) is 11.3 Å². The van der Waals surface area contributed by atoms with Crippen LogP contribution in [0.25, 0.3) is 26.8 Å². The lowest BCUT2D eigenvalue weighted by Gasteiger charge is -2.29. The molecule has 1 amide bonds. The summed E-state index contributed by atoms with van der Waals surface area (Å²) in [7, 11) is 0. The smallest absolute Gasteiger partial charge is 0.355 e. The second-order valence-corrected chi connectivity index (χ2v) is 14.1. The topological polar surface area (TPSA) is 136 Å². The summed E-state index contributed by atoms with van der Waals surface area (Å²) >= 11 is 2.83. The molecule has 0 saturated heterocycles. The Morgan fingerprint density at radius 3 is 2.60 bits per heavy atom. The van der Waals surface area contributed by atoms with E-state index in [0.29, 0.717) is 65.5 Å². The predicted octanol–water partition coefficient (Wildman–Crippen LogP) is 7.80. The van der Waals surface area contributed by atoms with Crippen molar-refractivity contribution >= 4 is 71.8 Å². The molecule has 0 atom stereocenters. The number of carbonyl (C=O) groups is 2. The van der Waals surface area contributed by atoms with Gasteiger partial charge in [-0.05, 0) is 85.0 Å². The summed E-state index contributed by atoms with van der Waals surface area (Å²) in [5.74, 6) is 0.121. The third kappa shape index (κ3) is 6.14. The van der Waals surface area contributed by atoms with Crippen LogP contribution in [0.5, 0.6) is 5.75 Å². The summed E-state index contributed by atoms with van der Waals surface area (Å²) in [6, 6.07) is 31.4. The fourth-order valence-corrected chi connectivity index (χ4v) is 8.42. The minimum atomic E-state index is -1.05. The second kappa shape index (κ2) is 13.3. The Kier molecular flexibility index (Phi) is 8.39. The van der Waals surface area contributed by atoms with Crippen molar-refractivity contribution in [1.82, 2.24) is 14.5 Å². The van der Waals surface area contributed by atoms with Gasteiger partial charge in [-0.1, -0.05) is 53.8 Å². The summed E-state index contributed by atoms with van der Waals surface area (Å²) < 4.78 is 9.03. The zero-order chi connectivity index (χ0) is 34.2. The van der Waals surface area contributed by atoms with Crippen LogP contribution in [0.4, 0.5) is 16.1 Å². The van der Waals surface area contributed by atoms with Crippen molar-refractivity contribution in [2.24, 2.45) is 0 Å². The molecule has 4 heterocycles. The van der Waals surface area contributed by atoms with E-state index < -0.39 is 5.97 Å². The van der Waals surface area contributed by atoms with Crippen LogP contribution in [0.15, 0.2) is 97.1 Å². The minimum Gasteiger partial charge on any atom is -0.494 e. The number of amides is 1. The molecule has 50 heavy (non-hydrogen) atoms. The second-order valence-electron chi connectivity index (χ2n) is 12.0. The number of aryl methyl sites for hydroxylation is 1. The number of hydrogen-bond donors (Lipinski definition) is 3.